The maximum absolute atomic E-state index is 11.8. The van der Waals surface area contributed by atoms with Gasteiger partial charge in [0.05, 0.1) is 17.3 Å². The number of benzene rings is 2. The number of phenolic OH excluding ortho intramolecular Hbond substituents is 1. The summed E-state index contributed by atoms with van der Waals surface area (Å²) in [5.74, 6) is 0.627. The molecule has 0 spiro atoms. The number of phenols is 1. The average molecular weight is 407 g/mol. The summed E-state index contributed by atoms with van der Waals surface area (Å²) < 4.78 is 11.5. The molecular formula is C18H19BrN2O4. The first-order chi connectivity index (χ1) is 12.0. The van der Waals surface area contributed by atoms with Gasteiger partial charge in [-0.15, -0.1) is 0 Å². The number of ether oxygens (including phenoxy) is 2. The zero-order chi connectivity index (χ0) is 18.2. The summed E-state index contributed by atoms with van der Waals surface area (Å²) in [5.41, 5.74) is 4.16. The molecule has 2 aromatic carbocycles. The lowest BCUT2D eigenvalue weighted by Gasteiger charge is -2.08. The molecule has 25 heavy (non-hydrogen) atoms. The lowest BCUT2D eigenvalue weighted by Crippen LogP contribution is -2.24. The summed E-state index contributed by atoms with van der Waals surface area (Å²) in [6, 6.07) is 10.4. The zero-order valence-corrected chi connectivity index (χ0v) is 15.5. The fourth-order valence-corrected chi connectivity index (χ4v) is 2.57. The minimum atomic E-state index is -0.382. The number of hydrogen-bond donors (Lipinski definition) is 2. The minimum absolute atomic E-state index is 0.0557. The third-order valence-corrected chi connectivity index (χ3v) is 3.75. The molecule has 2 aromatic rings. The molecule has 0 atom stereocenters. The third-order valence-electron chi connectivity index (χ3n) is 3.13. The van der Waals surface area contributed by atoms with E-state index in [1.807, 2.05) is 26.0 Å². The molecule has 2 rings (SSSR count). The van der Waals surface area contributed by atoms with Crippen molar-refractivity contribution in [3.63, 3.8) is 0 Å². The number of amides is 1. The number of hydrogen-bond acceptors (Lipinski definition) is 5. The van der Waals surface area contributed by atoms with Crippen molar-refractivity contribution < 1.29 is 19.4 Å². The first kappa shape index (κ1) is 18.8. The molecule has 6 nitrogen and oxygen atoms in total. The topological polar surface area (TPSA) is 80.2 Å². The highest BCUT2D eigenvalue weighted by Crippen LogP contribution is 2.26. The average Bonchev–Trinajstić information content (AvgIpc) is 2.57. The van der Waals surface area contributed by atoms with Crippen molar-refractivity contribution >= 4 is 28.1 Å². The van der Waals surface area contributed by atoms with Gasteiger partial charge in [0.1, 0.15) is 5.75 Å². The van der Waals surface area contributed by atoms with E-state index in [2.05, 4.69) is 26.5 Å². The monoisotopic (exact) mass is 406 g/mol. The second-order valence-electron chi connectivity index (χ2n) is 5.18. The first-order valence-electron chi connectivity index (χ1n) is 7.66. The van der Waals surface area contributed by atoms with Crippen LogP contribution in [0.15, 0.2) is 46.0 Å². The number of carbonyl (C=O) groups excluding carboxylic acids is 1. The number of nitrogens with one attached hydrogen (secondary N) is 1. The Morgan fingerprint density at radius 1 is 1.24 bits per heavy atom. The molecule has 0 aromatic heterocycles. The molecule has 0 heterocycles. The maximum atomic E-state index is 11.8. The van der Waals surface area contributed by atoms with E-state index in [0.717, 1.165) is 10.0 Å². The van der Waals surface area contributed by atoms with Crippen molar-refractivity contribution in [2.75, 3.05) is 13.2 Å². The maximum Gasteiger partial charge on any atom is 0.277 e. The highest BCUT2D eigenvalue weighted by atomic mass is 79.9. The van der Waals surface area contributed by atoms with E-state index in [1.165, 1.54) is 12.3 Å². The number of nitrogens with zero attached hydrogens (tertiary/aromatic N) is 1. The van der Waals surface area contributed by atoms with Crippen LogP contribution in [0.4, 0.5) is 0 Å². The van der Waals surface area contributed by atoms with Gasteiger partial charge in [-0.25, -0.2) is 5.43 Å². The van der Waals surface area contributed by atoms with Gasteiger partial charge in [0, 0.05) is 0 Å². The fourth-order valence-electron chi connectivity index (χ4n) is 1.96. The van der Waals surface area contributed by atoms with Gasteiger partial charge in [-0.2, -0.15) is 5.10 Å². The Morgan fingerprint density at radius 2 is 2.04 bits per heavy atom. The summed E-state index contributed by atoms with van der Waals surface area (Å²) in [7, 11) is 0. The normalized spacial score (nSPS) is 10.7. The molecule has 0 aliphatic heterocycles. The van der Waals surface area contributed by atoms with Crippen LogP contribution >= 0.6 is 15.9 Å². The van der Waals surface area contributed by atoms with E-state index in [1.54, 1.807) is 18.2 Å². The Bertz CT molecular complexity index is 778. The number of carbonyl (C=O) groups is 1. The number of rotatable bonds is 7. The van der Waals surface area contributed by atoms with E-state index >= 15 is 0 Å². The zero-order valence-electron chi connectivity index (χ0n) is 14.0. The first-order valence-corrected chi connectivity index (χ1v) is 8.45. The van der Waals surface area contributed by atoms with Crippen LogP contribution < -0.4 is 14.9 Å². The van der Waals surface area contributed by atoms with Gasteiger partial charge < -0.3 is 14.6 Å². The Kier molecular flexibility index (Phi) is 6.82. The molecule has 0 bridgehead atoms. The fraction of sp³-hybridized carbons (Fsp3) is 0.222. The van der Waals surface area contributed by atoms with E-state index in [4.69, 9.17) is 9.47 Å². The SMILES string of the molecule is CCOc1cc(/C=N/NC(=O)COc2ccc(C)cc2Br)ccc1O. The van der Waals surface area contributed by atoms with Gasteiger partial charge in [0.2, 0.25) is 0 Å². The minimum Gasteiger partial charge on any atom is -0.504 e. The predicted molar refractivity (Wildman–Crippen MR) is 99.4 cm³/mol. The summed E-state index contributed by atoms with van der Waals surface area (Å²) in [4.78, 5) is 11.8. The van der Waals surface area contributed by atoms with Crippen molar-refractivity contribution in [2.24, 2.45) is 5.10 Å². The summed E-state index contributed by atoms with van der Waals surface area (Å²) in [6.07, 6.45) is 1.46. The van der Waals surface area contributed by atoms with Gasteiger partial charge in [0.25, 0.3) is 5.91 Å². The molecule has 7 heteroatoms. The van der Waals surface area contributed by atoms with Crippen LogP contribution in [0.5, 0.6) is 17.2 Å². The van der Waals surface area contributed by atoms with Crippen LogP contribution in [0.2, 0.25) is 0 Å². The molecule has 2 N–H and O–H groups in total. The lowest BCUT2D eigenvalue weighted by atomic mass is 10.2. The molecule has 1 amide bonds. The quantitative estimate of drug-likeness (QED) is 0.545. The number of hydrazone groups is 1. The Hall–Kier alpha value is -2.54. The highest BCUT2D eigenvalue weighted by Gasteiger charge is 2.05. The molecule has 0 aliphatic rings. The van der Waals surface area contributed by atoms with Crippen molar-refractivity contribution in [3.05, 3.63) is 52.0 Å². The predicted octanol–water partition coefficient (Wildman–Crippen LogP) is 3.39. The molecule has 0 saturated carbocycles. The smallest absolute Gasteiger partial charge is 0.277 e. The van der Waals surface area contributed by atoms with Gasteiger partial charge >= 0.3 is 0 Å². The van der Waals surface area contributed by atoms with Crippen LogP contribution in [0, 0.1) is 6.92 Å². The van der Waals surface area contributed by atoms with Crippen molar-refractivity contribution in [2.45, 2.75) is 13.8 Å². The van der Waals surface area contributed by atoms with Crippen molar-refractivity contribution in [1.82, 2.24) is 5.43 Å². The Balaban J connectivity index is 1.87. The van der Waals surface area contributed by atoms with E-state index in [-0.39, 0.29) is 18.3 Å². The summed E-state index contributed by atoms with van der Waals surface area (Å²) in [5, 5.41) is 13.5. The van der Waals surface area contributed by atoms with Gasteiger partial charge in [-0.1, -0.05) is 6.07 Å². The molecular weight excluding hydrogens is 388 g/mol. The Labute approximate surface area is 154 Å². The number of aryl methyl sites for hydroxylation is 1. The van der Waals surface area contributed by atoms with E-state index in [0.29, 0.717) is 23.7 Å². The number of halogens is 1. The van der Waals surface area contributed by atoms with E-state index < -0.39 is 0 Å². The molecule has 0 saturated heterocycles. The molecule has 0 unspecified atom stereocenters. The largest absolute Gasteiger partial charge is 0.504 e. The van der Waals surface area contributed by atoms with Crippen molar-refractivity contribution in [1.29, 1.82) is 0 Å². The van der Waals surface area contributed by atoms with Gasteiger partial charge in [-0.05, 0) is 71.2 Å². The van der Waals surface area contributed by atoms with Crippen LogP contribution in [0.3, 0.4) is 0 Å². The van der Waals surface area contributed by atoms with Gasteiger partial charge in [-0.3, -0.25) is 4.79 Å². The van der Waals surface area contributed by atoms with Gasteiger partial charge in [0.15, 0.2) is 18.1 Å². The van der Waals surface area contributed by atoms with Crippen molar-refractivity contribution in [3.8, 4) is 17.2 Å². The number of aromatic hydroxyl groups is 1. The Morgan fingerprint density at radius 3 is 2.76 bits per heavy atom. The highest BCUT2D eigenvalue weighted by molar-refractivity contribution is 9.10. The van der Waals surface area contributed by atoms with Crippen LogP contribution in [-0.4, -0.2) is 30.4 Å². The van der Waals surface area contributed by atoms with Crippen LogP contribution in [0.1, 0.15) is 18.1 Å². The van der Waals surface area contributed by atoms with E-state index in [9.17, 15) is 9.90 Å². The molecule has 132 valence electrons. The standard InChI is InChI=1S/C18H19BrN2O4/c1-3-24-17-9-13(5-6-15(17)22)10-20-21-18(23)11-25-16-7-4-12(2)8-14(16)19/h4-10,22H,3,11H2,1-2H3,(H,21,23)/b20-10+. The van der Waals surface area contributed by atoms with Crippen LogP contribution in [-0.2, 0) is 4.79 Å². The summed E-state index contributed by atoms with van der Waals surface area (Å²) in [6.45, 7) is 4.08. The summed E-state index contributed by atoms with van der Waals surface area (Å²) >= 11 is 3.39. The lowest BCUT2D eigenvalue weighted by molar-refractivity contribution is -0.123. The molecule has 0 fully saturated rings. The second kappa shape index (κ2) is 9.08. The third kappa shape index (κ3) is 5.79. The van der Waals surface area contributed by atoms with Crippen LogP contribution in [0.25, 0.3) is 0 Å². The second-order valence-corrected chi connectivity index (χ2v) is 6.03. The molecule has 0 radical (unpaired) electrons. The molecule has 0 aliphatic carbocycles.